The number of hydrogen-bond donors (Lipinski definition) is 3. The van der Waals surface area contributed by atoms with Crippen molar-refractivity contribution in [3.8, 4) is 0 Å². The first-order valence-corrected chi connectivity index (χ1v) is 8.61. The van der Waals surface area contributed by atoms with Crippen LogP contribution in [0.1, 0.15) is 32.6 Å². The highest BCUT2D eigenvalue weighted by Crippen LogP contribution is 2.12. The Morgan fingerprint density at radius 1 is 1.40 bits per heavy atom. The van der Waals surface area contributed by atoms with E-state index in [1.807, 2.05) is 6.92 Å². The zero-order chi connectivity index (χ0) is 15.2. The number of carbonyl (C=O) groups excluding carboxylic acids is 1. The zero-order valence-electron chi connectivity index (χ0n) is 11.6. The molecule has 1 saturated heterocycles. The molecule has 1 rings (SSSR count). The maximum Gasteiger partial charge on any atom is 0.315 e. The average Bonchev–Trinajstić information content (AvgIpc) is 2.32. The molecule has 2 unspecified atom stereocenters. The van der Waals surface area contributed by atoms with E-state index in [9.17, 15) is 18.0 Å². The summed E-state index contributed by atoms with van der Waals surface area (Å²) >= 11 is 0. The summed E-state index contributed by atoms with van der Waals surface area (Å²) < 4.78 is 22.9. The summed E-state index contributed by atoms with van der Waals surface area (Å²) in [5.74, 6) is -0.846. The third-order valence-electron chi connectivity index (χ3n) is 3.39. The molecule has 0 spiro atoms. The van der Waals surface area contributed by atoms with E-state index < -0.39 is 21.8 Å². The van der Waals surface area contributed by atoms with Crippen LogP contribution >= 0.6 is 0 Å². The highest BCUT2D eigenvalue weighted by molar-refractivity contribution is 7.91. The smallest absolute Gasteiger partial charge is 0.315 e. The number of hydrogen-bond acceptors (Lipinski definition) is 4. The lowest BCUT2D eigenvalue weighted by atomic mass is 10.0. The van der Waals surface area contributed by atoms with E-state index in [-0.39, 0.29) is 36.4 Å². The van der Waals surface area contributed by atoms with Gasteiger partial charge in [0.1, 0.15) is 0 Å². The molecule has 7 nitrogen and oxygen atoms in total. The Kier molecular flexibility index (Phi) is 6.25. The lowest BCUT2D eigenvalue weighted by molar-refractivity contribution is -0.138. The molecular weight excluding hydrogens is 284 g/mol. The van der Waals surface area contributed by atoms with Gasteiger partial charge >= 0.3 is 12.0 Å². The summed E-state index contributed by atoms with van der Waals surface area (Å²) in [6, 6.07) is -0.788. The molecule has 1 aliphatic rings. The highest BCUT2D eigenvalue weighted by atomic mass is 32.2. The molecule has 0 bridgehead atoms. The number of carboxylic acids is 1. The molecule has 0 aromatic carbocycles. The van der Waals surface area contributed by atoms with Crippen molar-refractivity contribution in [2.75, 3.05) is 18.1 Å². The molecule has 0 saturated carbocycles. The minimum Gasteiger partial charge on any atom is -0.481 e. The van der Waals surface area contributed by atoms with Crippen molar-refractivity contribution in [3.63, 3.8) is 0 Å². The van der Waals surface area contributed by atoms with Gasteiger partial charge in [-0.1, -0.05) is 13.3 Å². The van der Waals surface area contributed by atoms with Crippen LogP contribution in [0.4, 0.5) is 4.79 Å². The maximum absolute atomic E-state index is 11.7. The van der Waals surface area contributed by atoms with Crippen molar-refractivity contribution in [1.29, 1.82) is 0 Å². The van der Waals surface area contributed by atoms with E-state index in [0.29, 0.717) is 19.3 Å². The van der Waals surface area contributed by atoms with Crippen LogP contribution in [0.25, 0.3) is 0 Å². The van der Waals surface area contributed by atoms with Gasteiger partial charge in [-0.05, 0) is 18.8 Å². The van der Waals surface area contributed by atoms with Crippen LogP contribution in [0.3, 0.4) is 0 Å². The number of rotatable bonds is 6. The Morgan fingerprint density at radius 3 is 2.65 bits per heavy atom. The quantitative estimate of drug-likeness (QED) is 0.656. The Hall–Kier alpha value is -1.31. The second-order valence-electron chi connectivity index (χ2n) is 5.18. The van der Waals surface area contributed by atoms with E-state index in [1.54, 1.807) is 0 Å². The molecule has 8 heteroatoms. The summed E-state index contributed by atoms with van der Waals surface area (Å²) in [5, 5.41) is 13.9. The lowest BCUT2D eigenvalue weighted by Gasteiger charge is -2.23. The van der Waals surface area contributed by atoms with Crippen molar-refractivity contribution in [2.45, 2.75) is 38.6 Å². The normalized spacial score (nSPS) is 22.8. The fourth-order valence-corrected chi connectivity index (χ4v) is 3.85. The molecule has 3 N–H and O–H groups in total. The molecule has 1 aliphatic heterocycles. The Bertz CT molecular complexity index is 449. The molecule has 0 aromatic rings. The van der Waals surface area contributed by atoms with Crippen LogP contribution in [-0.2, 0) is 14.6 Å². The van der Waals surface area contributed by atoms with Gasteiger partial charge in [-0.3, -0.25) is 4.79 Å². The van der Waals surface area contributed by atoms with Gasteiger partial charge in [0.05, 0.1) is 11.5 Å². The van der Waals surface area contributed by atoms with E-state index in [2.05, 4.69) is 10.6 Å². The molecule has 0 aromatic heterocycles. The summed E-state index contributed by atoms with van der Waals surface area (Å²) in [5.41, 5.74) is 0. The molecule has 0 radical (unpaired) electrons. The molecule has 1 heterocycles. The zero-order valence-corrected chi connectivity index (χ0v) is 12.4. The number of carbonyl (C=O) groups is 2. The molecule has 116 valence electrons. The highest BCUT2D eigenvalue weighted by Gasteiger charge is 2.25. The minimum absolute atomic E-state index is 0.00852. The van der Waals surface area contributed by atoms with Gasteiger partial charge in [0.15, 0.2) is 9.84 Å². The second kappa shape index (κ2) is 7.47. The number of nitrogens with one attached hydrogen (secondary N) is 2. The fourth-order valence-electron chi connectivity index (χ4n) is 2.22. The van der Waals surface area contributed by atoms with Crippen LogP contribution in [0.5, 0.6) is 0 Å². The maximum atomic E-state index is 11.7. The van der Waals surface area contributed by atoms with Gasteiger partial charge in [0, 0.05) is 19.0 Å². The monoisotopic (exact) mass is 306 g/mol. The first kappa shape index (κ1) is 16.7. The third kappa shape index (κ3) is 6.23. The van der Waals surface area contributed by atoms with Gasteiger partial charge in [0.2, 0.25) is 0 Å². The number of carboxylic acid groups (broad SMARTS) is 1. The first-order chi connectivity index (χ1) is 9.32. The number of urea groups is 1. The van der Waals surface area contributed by atoms with E-state index in [0.717, 1.165) is 0 Å². The van der Waals surface area contributed by atoms with Gasteiger partial charge in [0.25, 0.3) is 0 Å². The Morgan fingerprint density at radius 2 is 2.10 bits per heavy atom. The predicted molar refractivity (Wildman–Crippen MR) is 74.2 cm³/mol. The summed E-state index contributed by atoms with van der Waals surface area (Å²) in [6.07, 6.45) is 1.88. The summed E-state index contributed by atoms with van der Waals surface area (Å²) in [7, 11) is -3.05. The average molecular weight is 306 g/mol. The van der Waals surface area contributed by atoms with Crippen molar-refractivity contribution < 1.29 is 23.1 Å². The van der Waals surface area contributed by atoms with Crippen molar-refractivity contribution >= 4 is 21.8 Å². The van der Waals surface area contributed by atoms with Crippen LogP contribution in [0.2, 0.25) is 0 Å². The van der Waals surface area contributed by atoms with Gasteiger partial charge in [-0.15, -0.1) is 0 Å². The van der Waals surface area contributed by atoms with Crippen molar-refractivity contribution in [1.82, 2.24) is 10.6 Å². The molecule has 1 fully saturated rings. The van der Waals surface area contributed by atoms with E-state index in [4.69, 9.17) is 5.11 Å². The van der Waals surface area contributed by atoms with E-state index in [1.165, 1.54) is 0 Å². The van der Waals surface area contributed by atoms with E-state index >= 15 is 0 Å². The minimum atomic E-state index is -3.05. The van der Waals surface area contributed by atoms with Gasteiger partial charge in [-0.25, -0.2) is 13.2 Å². The molecule has 2 amide bonds. The molecule has 0 aliphatic carbocycles. The Balaban J connectivity index is 2.34. The molecule has 2 atom stereocenters. The van der Waals surface area contributed by atoms with Crippen LogP contribution in [0.15, 0.2) is 0 Å². The third-order valence-corrected chi connectivity index (χ3v) is 5.21. The lowest BCUT2D eigenvalue weighted by Crippen LogP contribution is -2.48. The van der Waals surface area contributed by atoms with Gasteiger partial charge < -0.3 is 15.7 Å². The topological polar surface area (TPSA) is 113 Å². The fraction of sp³-hybridized carbons (Fsp3) is 0.833. The number of amides is 2. The standard InChI is InChI=1S/C12H22N2O5S/c1-2-9(6-11(15)16)7-13-12(17)14-10-4-3-5-20(18,19)8-10/h9-10H,2-8H2,1H3,(H,15,16)(H2,13,14,17). The van der Waals surface area contributed by atoms with Crippen LogP contribution in [-0.4, -0.2) is 49.6 Å². The first-order valence-electron chi connectivity index (χ1n) is 6.79. The van der Waals surface area contributed by atoms with Crippen LogP contribution < -0.4 is 10.6 Å². The Labute approximate surface area is 119 Å². The SMILES string of the molecule is CCC(CNC(=O)NC1CCCS(=O)(=O)C1)CC(=O)O. The van der Waals surface area contributed by atoms with Gasteiger partial charge in [-0.2, -0.15) is 0 Å². The van der Waals surface area contributed by atoms with Crippen molar-refractivity contribution in [2.24, 2.45) is 5.92 Å². The summed E-state index contributed by atoms with van der Waals surface area (Å²) in [4.78, 5) is 22.3. The largest absolute Gasteiger partial charge is 0.481 e. The van der Waals surface area contributed by atoms with Crippen molar-refractivity contribution in [3.05, 3.63) is 0 Å². The predicted octanol–water partition coefficient (Wildman–Crippen LogP) is 0.364. The summed E-state index contributed by atoms with van der Waals surface area (Å²) in [6.45, 7) is 2.13. The second-order valence-corrected chi connectivity index (χ2v) is 7.41. The van der Waals surface area contributed by atoms with Crippen LogP contribution in [0, 0.1) is 5.92 Å². The molecular formula is C12H22N2O5S. The molecule has 20 heavy (non-hydrogen) atoms. The number of sulfone groups is 1. The number of aliphatic carboxylic acids is 1.